The molecule has 0 fully saturated rings. The van der Waals surface area contributed by atoms with Crippen molar-refractivity contribution >= 4 is 17.8 Å². The highest BCUT2D eigenvalue weighted by Gasteiger charge is 2.11. The van der Waals surface area contributed by atoms with Crippen LogP contribution in [0.2, 0.25) is 0 Å². The number of aromatic amines is 1. The van der Waals surface area contributed by atoms with Crippen molar-refractivity contribution in [2.24, 2.45) is 5.10 Å². The first-order chi connectivity index (χ1) is 13.6. The molecule has 1 aromatic heterocycles. The fraction of sp³-hybridized carbons (Fsp3) is 0.105. The number of amides is 1. The number of nitro benzene ring substituents is 1. The molecule has 0 unspecified atom stereocenters. The number of non-ortho nitro benzene ring substituents is 1. The number of carbonyl (C=O) groups is 1. The molecule has 9 nitrogen and oxygen atoms in total. The van der Waals surface area contributed by atoms with Crippen LogP contribution in [0.15, 0.2) is 59.7 Å². The molecule has 142 valence electrons. The summed E-state index contributed by atoms with van der Waals surface area (Å²) in [7, 11) is 0. The van der Waals surface area contributed by atoms with Crippen molar-refractivity contribution in [3.8, 4) is 17.0 Å². The molecule has 2 N–H and O–H groups in total. The molecule has 3 aromatic rings. The van der Waals surface area contributed by atoms with Gasteiger partial charge in [-0.2, -0.15) is 10.2 Å². The number of H-pyrrole nitrogens is 1. The Labute approximate surface area is 160 Å². The van der Waals surface area contributed by atoms with E-state index < -0.39 is 10.8 Å². The van der Waals surface area contributed by atoms with E-state index in [-0.39, 0.29) is 11.4 Å². The number of rotatable bonds is 7. The Morgan fingerprint density at radius 2 is 2.07 bits per heavy atom. The summed E-state index contributed by atoms with van der Waals surface area (Å²) in [4.78, 5) is 22.3. The van der Waals surface area contributed by atoms with E-state index in [0.717, 1.165) is 11.3 Å². The summed E-state index contributed by atoms with van der Waals surface area (Å²) in [5, 5.41) is 21.3. The Kier molecular flexibility index (Phi) is 5.75. The Balaban J connectivity index is 1.64. The van der Waals surface area contributed by atoms with Crippen molar-refractivity contribution in [1.29, 1.82) is 0 Å². The molecule has 9 heteroatoms. The average Bonchev–Trinajstić information content (AvgIpc) is 3.19. The van der Waals surface area contributed by atoms with Crippen LogP contribution < -0.4 is 10.2 Å². The summed E-state index contributed by atoms with van der Waals surface area (Å²) in [6.45, 7) is 2.46. The number of nitrogens with zero attached hydrogens (tertiary/aromatic N) is 3. The molecule has 0 bridgehead atoms. The second-order valence-corrected chi connectivity index (χ2v) is 5.68. The maximum atomic E-state index is 12.2. The van der Waals surface area contributed by atoms with Gasteiger partial charge >= 0.3 is 0 Å². The number of nitro groups is 1. The fourth-order valence-electron chi connectivity index (χ4n) is 2.41. The minimum Gasteiger partial charge on any atom is -0.494 e. The predicted molar refractivity (Wildman–Crippen MR) is 103 cm³/mol. The summed E-state index contributed by atoms with van der Waals surface area (Å²) in [5.41, 5.74) is 4.65. The van der Waals surface area contributed by atoms with Crippen molar-refractivity contribution in [1.82, 2.24) is 15.6 Å². The van der Waals surface area contributed by atoms with Crippen molar-refractivity contribution in [3.63, 3.8) is 0 Å². The highest BCUT2D eigenvalue weighted by Crippen LogP contribution is 2.22. The Bertz CT molecular complexity index is 1010. The van der Waals surface area contributed by atoms with Gasteiger partial charge in [0.05, 0.1) is 23.4 Å². The SMILES string of the molecule is CCOc1cccc(-c2cc(C(=O)N/N=C/c3ccc([N+](=O)[O-])cc3)[nH]n2)c1. The molecule has 1 amide bonds. The van der Waals surface area contributed by atoms with Gasteiger partial charge in [0.1, 0.15) is 11.4 Å². The smallest absolute Gasteiger partial charge is 0.289 e. The van der Waals surface area contributed by atoms with E-state index in [9.17, 15) is 14.9 Å². The fourth-order valence-corrected chi connectivity index (χ4v) is 2.41. The lowest BCUT2D eigenvalue weighted by Crippen LogP contribution is -2.17. The molecule has 2 aromatic carbocycles. The van der Waals surface area contributed by atoms with Crippen LogP contribution in [0.5, 0.6) is 5.75 Å². The van der Waals surface area contributed by atoms with Crippen molar-refractivity contribution in [3.05, 3.63) is 76.0 Å². The van der Waals surface area contributed by atoms with E-state index in [2.05, 4.69) is 20.7 Å². The second-order valence-electron chi connectivity index (χ2n) is 5.68. The number of carbonyl (C=O) groups excluding carboxylic acids is 1. The van der Waals surface area contributed by atoms with E-state index >= 15 is 0 Å². The zero-order valence-corrected chi connectivity index (χ0v) is 15.0. The number of hydrogen-bond acceptors (Lipinski definition) is 6. The summed E-state index contributed by atoms with van der Waals surface area (Å²) >= 11 is 0. The summed E-state index contributed by atoms with van der Waals surface area (Å²) in [5.74, 6) is 0.263. The maximum Gasteiger partial charge on any atom is 0.289 e. The average molecular weight is 379 g/mol. The topological polar surface area (TPSA) is 123 Å². The van der Waals surface area contributed by atoms with E-state index in [1.54, 1.807) is 6.07 Å². The first kappa shape index (κ1) is 18.8. The zero-order valence-electron chi connectivity index (χ0n) is 15.0. The molecule has 28 heavy (non-hydrogen) atoms. The second kappa shape index (κ2) is 8.58. The van der Waals surface area contributed by atoms with Crippen LogP contribution in [0.3, 0.4) is 0 Å². The molecule has 0 saturated heterocycles. The first-order valence-corrected chi connectivity index (χ1v) is 8.43. The molecule has 0 aliphatic carbocycles. The highest BCUT2D eigenvalue weighted by atomic mass is 16.6. The van der Waals surface area contributed by atoms with Crippen molar-refractivity contribution in [2.45, 2.75) is 6.92 Å². The van der Waals surface area contributed by atoms with Crippen LogP contribution >= 0.6 is 0 Å². The normalized spacial score (nSPS) is 10.8. The highest BCUT2D eigenvalue weighted by molar-refractivity contribution is 5.94. The summed E-state index contributed by atoms with van der Waals surface area (Å²) in [6.07, 6.45) is 1.39. The zero-order chi connectivity index (χ0) is 19.9. The van der Waals surface area contributed by atoms with Crippen LogP contribution in [0.25, 0.3) is 11.3 Å². The molecular formula is C19H17N5O4. The van der Waals surface area contributed by atoms with Gasteiger partial charge in [-0.1, -0.05) is 12.1 Å². The molecular weight excluding hydrogens is 362 g/mol. The van der Waals surface area contributed by atoms with Crippen molar-refractivity contribution in [2.75, 3.05) is 6.61 Å². The molecule has 1 heterocycles. The minimum absolute atomic E-state index is 0.0143. The van der Waals surface area contributed by atoms with Crippen LogP contribution in [0.1, 0.15) is 23.0 Å². The largest absolute Gasteiger partial charge is 0.494 e. The van der Waals surface area contributed by atoms with Crippen molar-refractivity contribution < 1.29 is 14.5 Å². The third-order valence-electron chi connectivity index (χ3n) is 3.75. The van der Waals surface area contributed by atoms with Gasteiger partial charge in [0, 0.05) is 17.7 Å². The van der Waals surface area contributed by atoms with Gasteiger partial charge in [0.25, 0.3) is 11.6 Å². The number of benzene rings is 2. The third-order valence-corrected chi connectivity index (χ3v) is 3.75. The van der Waals surface area contributed by atoms with Gasteiger partial charge in [-0.3, -0.25) is 20.0 Å². The standard InChI is InChI=1S/C19H17N5O4/c1-2-28-16-5-3-4-14(10-16)17-11-18(22-21-17)19(25)23-20-12-13-6-8-15(9-7-13)24(26)27/h3-12H,2H2,1H3,(H,21,22)(H,23,25)/b20-12+. The van der Waals surface area contributed by atoms with E-state index in [0.29, 0.717) is 17.9 Å². The molecule has 0 aliphatic heterocycles. The van der Waals surface area contributed by atoms with Gasteiger partial charge in [-0.15, -0.1) is 0 Å². The van der Waals surface area contributed by atoms with Crippen LogP contribution in [-0.2, 0) is 0 Å². The van der Waals surface area contributed by atoms with Crippen LogP contribution in [-0.4, -0.2) is 33.8 Å². The van der Waals surface area contributed by atoms with Gasteiger partial charge < -0.3 is 4.74 Å². The number of nitrogens with one attached hydrogen (secondary N) is 2. The van der Waals surface area contributed by atoms with Crippen LogP contribution in [0, 0.1) is 10.1 Å². The molecule has 0 aliphatic rings. The van der Waals surface area contributed by atoms with E-state index in [4.69, 9.17) is 4.74 Å². The Hall–Kier alpha value is -4.01. The van der Waals surface area contributed by atoms with Gasteiger partial charge in [-0.05, 0) is 42.8 Å². The summed E-state index contributed by atoms with van der Waals surface area (Å²) < 4.78 is 5.46. The molecule has 0 saturated carbocycles. The maximum absolute atomic E-state index is 12.2. The number of aromatic nitrogens is 2. The summed E-state index contributed by atoms with van der Waals surface area (Å²) in [6, 6.07) is 14.8. The number of ether oxygens (including phenoxy) is 1. The Morgan fingerprint density at radius 3 is 2.79 bits per heavy atom. The number of hydrogen-bond donors (Lipinski definition) is 2. The molecule has 3 rings (SSSR count). The quantitative estimate of drug-likeness (QED) is 0.371. The minimum atomic E-state index is -0.484. The van der Waals surface area contributed by atoms with Gasteiger partial charge in [0.2, 0.25) is 0 Å². The van der Waals surface area contributed by atoms with Gasteiger partial charge in [-0.25, -0.2) is 5.43 Å². The molecule has 0 spiro atoms. The van der Waals surface area contributed by atoms with E-state index in [1.165, 1.54) is 30.5 Å². The van der Waals surface area contributed by atoms with Gasteiger partial charge in [0.15, 0.2) is 0 Å². The lowest BCUT2D eigenvalue weighted by atomic mass is 10.1. The Morgan fingerprint density at radius 1 is 1.29 bits per heavy atom. The lowest BCUT2D eigenvalue weighted by Gasteiger charge is -2.03. The van der Waals surface area contributed by atoms with E-state index in [1.807, 2.05) is 31.2 Å². The van der Waals surface area contributed by atoms with Crippen LogP contribution in [0.4, 0.5) is 5.69 Å². The number of hydrazone groups is 1. The predicted octanol–water partition coefficient (Wildman–Crippen LogP) is 3.15. The third kappa shape index (κ3) is 4.58. The monoisotopic (exact) mass is 379 g/mol. The first-order valence-electron chi connectivity index (χ1n) is 8.43. The molecule has 0 radical (unpaired) electrons. The molecule has 0 atom stereocenters. The lowest BCUT2D eigenvalue weighted by molar-refractivity contribution is -0.384.